The van der Waals surface area contributed by atoms with E-state index in [2.05, 4.69) is 12.2 Å². The predicted molar refractivity (Wildman–Crippen MR) is 155 cm³/mol. The zero-order valence-electron chi connectivity index (χ0n) is 22.8. The van der Waals surface area contributed by atoms with Gasteiger partial charge in [-0.3, -0.25) is 9.59 Å². The number of unbranched alkanes of at least 4 members (excludes halogenated alkanes) is 2. The monoisotopic (exact) mass is 549 g/mol. The molecule has 0 fully saturated rings. The number of rotatable bonds is 15. The van der Waals surface area contributed by atoms with Crippen LogP contribution in [0.25, 0.3) is 0 Å². The maximum Gasteiger partial charge on any atom is 0.243 e. The molecule has 8 heteroatoms. The average molecular weight is 550 g/mol. The van der Waals surface area contributed by atoms with Crippen LogP contribution in [0.2, 0.25) is 0 Å². The lowest BCUT2D eigenvalue weighted by atomic mass is 10.0. The maximum absolute atomic E-state index is 13.9. The quantitative estimate of drug-likeness (QED) is 0.285. The van der Waals surface area contributed by atoms with Crippen molar-refractivity contribution >= 4 is 21.8 Å². The molecule has 39 heavy (non-hydrogen) atoms. The second-order valence-corrected chi connectivity index (χ2v) is 11.7. The van der Waals surface area contributed by atoms with Gasteiger partial charge in [0.1, 0.15) is 6.04 Å². The van der Waals surface area contributed by atoms with Crippen LogP contribution < -0.4 is 5.32 Å². The number of nitrogens with zero attached hydrogens (tertiary/aromatic N) is 2. The number of amides is 2. The highest BCUT2D eigenvalue weighted by atomic mass is 32.2. The Labute approximate surface area is 232 Å². The fourth-order valence-electron chi connectivity index (χ4n) is 4.36. The van der Waals surface area contributed by atoms with Crippen molar-refractivity contribution in [1.29, 1.82) is 0 Å². The predicted octanol–water partition coefficient (Wildman–Crippen LogP) is 4.39. The highest BCUT2D eigenvalue weighted by molar-refractivity contribution is 7.88. The number of carbonyl (C=O) groups excluding carboxylic acids is 2. The SMILES string of the molecule is CCCCCNC(=O)[C@@H](Cc1ccccc1)N(Cc1ccccc1)C(=O)CN(Cc1ccccc1)S(C)(=O)=O. The number of hydrogen-bond acceptors (Lipinski definition) is 4. The van der Waals surface area contributed by atoms with Crippen LogP contribution in [0.1, 0.15) is 42.9 Å². The molecular weight excluding hydrogens is 510 g/mol. The van der Waals surface area contributed by atoms with Crippen molar-refractivity contribution in [3.8, 4) is 0 Å². The second kappa shape index (κ2) is 15.2. The molecule has 0 aliphatic rings. The van der Waals surface area contributed by atoms with Gasteiger partial charge >= 0.3 is 0 Å². The van der Waals surface area contributed by atoms with Gasteiger partial charge in [0.25, 0.3) is 0 Å². The van der Waals surface area contributed by atoms with E-state index in [0.717, 1.165) is 42.2 Å². The number of hydrogen-bond donors (Lipinski definition) is 1. The molecule has 7 nitrogen and oxygen atoms in total. The molecule has 0 heterocycles. The number of sulfonamides is 1. The van der Waals surface area contributed by atoms with Crippen molar-refractivity contribution in [2.24, 2.45) is 0 Å². The Morgan fingerprint density at radius 2 is 1.28 bits per heavy atom. The molecule has 0 spiro atoms. The fraction of sp³-hybridized carbons (Fsp3) is 0.355. The highest BCUT2D eigenvalue weighted by Crippen LogP contribution is 2.17. The molecule has 0 aliphatic carbocycles. The Hall–Kier alpha value is -3.49. The third-order valence-corrected chi connectivity index (χ3v) is 7.73. The summed E-state index contributed by atoms with van der Waals surface area (Å²) >= 11 is 0. The first kappa shape index (κ1) is 30.1. The van der Waals surface area contributed by atoms with Crippen molar-refractivity contribution in [2.45, 2.75) is 51.7 Å². The molecule has 2 amide bonds. The molecule has 3 rings (SSSR count). The van der Waals surface area contributed by atoms with E-state index < -0.39 is 22.0 Å². The fourth-order valence-corrected chi connectivity index (χ4v) is 5.09. The van der Waals surface area contributed by atoms with E-state index in [1.165, 1.54) is 9.21 Å². The van der Waals surface area contributed by atoms with Gasteiger partial charge in [0, 0.05) is 26.1 Å². The van der Waals surface area contributed by atoms with Gasteiger partial charge in [-0.2, -0.15) is 4.31 Å². The Kier molecular flexibility index (Phi) is 11.7. The number of benzene rings is 3. The summed E-state index contributed by atoms with van der Waals surface area (Å²) in [5.74, 6) is -0.668. The molecule has 3 aromatic rings. The zero-order chi connectivity index (χ0) is 28.1. The van der Waals surface area contributed by atoms with Gasteiger partial charge in [-0.15, -0.1) is 0 Å². The van der Waals surface area contributed by atoms with Crippen LogP contribution >= 0.6 is 0 Å². The minimum atomic E-state index is -3.70. The zero-order valence-corrected chi connectivity index (χ0v) is 23.6. The summed E-state index contributed by atoms with van der Waals surface area (Å²) in [6, 6.07) is 27.4. The molecule has 0 bridgehead atoms. The molecule has 0 saturated heterocycles. The minimum absolute atomic E-state index is 0.0666. The van der Waals surface area contributed by atoms with Crippen molar-refractivity contribution in [3.05, 3.63) is 108 Å². The summed E-state index contributed by atoms with van der Waals surface area (Å²) in [6.45, 7) is 2.51. The summed E-state index contributed by atoms with van der Waals surface area (Å²) in [5, 5.41) is 3.02. The van der Waals surface area contributed by atoms with E-state index in [-0.39, 0.29) is 25.5 Å². The molecule has 0 radical (unpaired) electrons. The van der Waals surface area contributed by atoms with Gasteiger partial charge in [0.15, 0.2) is 0 Å². The van der Waals surface area contributed by atoms with Crippen LogP contribution in [0, 0.1) is 0 Å². The number of nitrogens with one attached hydrogen (secondary N) is 1. The van der Waals surface area contributed by atoms with Crippen molar-refractivity contribution in [3.63, 3.8) is 0 Å². The number of carbonyl (C=O) groups is 2. The molecule has 3 aromatic carbocycles. The normalized spacial score (nSPS) is 12.2. The average Bonchev–Trinajstić information content (AvgIpc) is 2.93. The summed E-state index contributed by atoms with van der Waals surface area (Å²) < 4.78 is 26.6. The third-order valence-electron chi connectivity index (χ3n) is 6.53. The van der Waals surface area contributed by atoms with Gasteiger partial charge in [0.05, 0.1) is 12.8 Å². The first-order valence-electron chi connectivity index (χ1n) is 13.4. The summed E-state index contributed by atoms with van der Waals surface area (Å²) in [6.07, 6.45) is 4.30. The highest BCUT2D eigenvalue weighted by Gasteiger charge is 2.32. The van der Waals surface area contributed by atoms with E-state index >= 15 is 0 Å². The maximum atomic E-state index is 13.9. The molecule has 0 aromatic heterocycles. The summed E-state index contributed by atoms with van der Waals surface area (Å²) in [7, 11) is -3.70. The molecule has 0 unspecified atom stereocenters. The van der Waals surface area contributed by atoms with Crippen LogP contribution in [0.5, 0.6) is 0 Å². The van der Waals surface area contributed by atoms with E-state index in [1.807, 2.05) is 91.0 Å². The van der Waals surface area contributed by atoms with Crippen LogP contribution in [-0.4, -0.2) is 54.8 Å². The van der Waals surface area contributed by atoms with E-state index in [1.54, 1.807) is 0 Å². The topological polar surface area (TPSA) is 86.8 Å². The standard InChI is InChI=1S/C31H39N3O4S/c1-3-4-14-21-32-31(36)29(22-26-15-8-5-9-16-26)34(24-28-19-12-7-13-20-28)30(35)25-33(39(2,37)38)23-27-17-10-6-11-18-27/h5-13,15-20,29H,3-4,14,21-25H2,1-2H3,(H,32,36)/t29-/m1/s1. The van der Waals surface area contributed by atoms with Gasteiger partial charge in [-0.05, 0) is 23.1 Å². The van der Waals surface area contributed by atoms with Gasteiger partial charge in [0.2, 0.25) is 21.8 Å². The molecule has 208 valence electrons. The lowest BCUT2D eigenvalue weighted by Gasteiger charge is -2.33. The van der Waals surface area contributed by atoms with E-state index in [4.69, 9.17) is 0 Å². The van der Waals surface area contributed by atoms with Crippen LogP contribution in [0.15, 0.2) is 91.0 Å². The molecule has 1 atom stereocenters. The summed E-state index contributed by atoms with van der Waals surface area (Å²) in [5.41, 5.74) is 2.55. The lowest BCUT2D eigenvalue weighted by molar-refractivity contribution is -0.141. The molecule has 1 N–H and O–H groups in total. The van der Waals surface area contributed by atoms with Crippen LogP contribution in [0.4, 0.5) is 0 Å². The van der Waals surface area contributed by atoms with Gasteiger partial charge in [-0.25, -0.2) is 8.42 Å². The lowest BCUT2D eigenvalue weighted by Crippen LogP contribution is -2.53. The minimum Gasteiger partial charge on any atom is -0.354 e. The van der Waals surface area contributed by atoms with E-state index in [0.29, 0.717) is 13.0 Å². The molecular formula is C31H39N3O4S. The Balaban J connectivity index is 1.93. The van der Waals surface area contributed by atoms with Crippen molar-refractivity contribution in [2.75, 3.05) is 19.3 Å². The Morgan fingerprint density at radius 1 is 0.769 bits per heavy atom. The van der Waals surface area contributed by atoms with Crippen LogP contribution in [0.3, 0.4) is 0 Å². The van der Waals surface area contributed by atoms with Gasteiger partial charge in [-0.1, -0.05) is 111 Å². The Morgan fingerprint density at radius 3 is 1.79 bits per heavy atom. The first-order chi connectivity index (χ1) is 18.8. The van der Waals surface area contributed by atoms with E-state index in [9.17, 15) is 18.0 Å². The summed E-state index contributed by atoms with van der Waals surface area (Å²) in [4.78, 5) is 29.1. The second-order valence-electron chi connectivity index (χ2n) is 9.73. The first-order valence-corrected chi connectivity index (χ1v) is 15.3. The molecule has 0 aliphatic heterocycles. The van der Waals surface area contributed by atoms with Crippen molar-refractivity contribution in [1.82, 2.24) is 14.5 Å². The van der Waals surface area contributed by atoms with Gasteiger partial charge < -0.3 is 10.2 Å². The molecule has 0 saturated carbocycles. The van der Waals surface area contributed by atoms with Crippen molar-refractivity contribution < 1.29 is 18.0 Å². The largest absolute Gasteiger partial charge is 0.354 e. The Bertz CT molecular complexity index is 1270. The van der Waals surface area contributed by atoms with Crippen LogP contribution in [-0.2, 0) is 39.1 Å². The third kappa shape index (κ3) is 9.96. The smallest absolute Gasteiger partial charge is 0.243 e.